The van der Waals surface area contributed by atoms with Gasteiger partial charge < -0.3 is 10.1 Å². The minimum absolute atomic E-state index is 0.0811. The van der Waals surface area contributed by atoms with Gasteiger partial charge in [0.2, 0.25) is 5.91 Å². The number of nitrogens with zero attached hydrogens (tertiary/aromatic N) is 1. The normalized spacial score (nSPS) is 10.7. The van der Waals surface area contributed by atoms with Gasteiger partial charge in [-0.15, -0.1) is 0 Å². The summed E-state index contributed by atoms with van der Waals surface area (Å²) in [6.07, 6.45) is 0. The number of carbonyl (C=O) groups excluding carboxylic acids is 2. The fourth-order valence-electron chi connectivity index (χ4n) is 1.63. The summed E-state index contributed by atoms with van der Waals surface area (Å²) in [5, 5.41) is 10.0. The van der Waals surface area contributed by atoms with Gasteiger partial charge in [0.1, 0.15) is 0 Å². The van der Waals surface area contributed by atoms with Crippen molar-refractivity contribution in [2.75, 3.05) is 12.4 Å². The third-order valence-electron chi connectivity index (χ3n) is 2.73. The number of nitrogens with one attached hydrogen (secondary N) is 2. The van der Waals surface area contributed by atoms with Crippen LogP contribution in [-0.2, 0) is 9.53 Å². The molecule has 0 bridgehead atoms. The van der Waals surface area contributed by atoms with Gasteiger partial charge in [-0.1, -0.05) is 13.8 Å². The molecule has 0 saturated carbocycles. The Morgan fingerprint density at radius 1 is 1.37 bits per heavy atom. The number of amides is 1. The van der Waals surface area contributed by atoms with Crippen molar-refractivity contribution in [1.82, 2.24) is 10.2 Å². The molecule has 6 nitrogen and oxygen atoms in total. The molecule has 1 aromatic carbocycles. The van der Waals surface area contributed by atoms with Crippen LogP contribution in [0.15, 0.2) is 18.2 Å². The second kappa shape index (κ2) is 5.09. The van der Waals surface area contributed by atoms with Crippen LogP contribution < -0.4 is 5.32 Å². The van der Waals surface area contributed by atoms with Gasteiger partial charge >= 0.3 is 5.97 Å². The van der Waals surface area contributed by atoms with Gasteiger partial charge in [0.15, 0.2) is 5.69 Å². The third-order valence-corrected chi connectivity index (χ3v) is 2.73. The Hall–Kier alpha value is -2.37. The monoisotopic (exact) mass is 261 g/mol. The lowest BCUT2D eigenvalue weighted by atomic mass is 10.1. The maximum Gasteiger partial charge on any atom is 0.359 e. The number of hydrogen-bond donors (Lipinski definition) is 2. The highest BCUT2D eigenvalue weighted by atomic mass is 16.5. The highest BCUT2D eigenvalue weighted by Gasteiger charge is 2.15. The molecule has 1 amide bonds. The van der Waals surface area contributed by atoms with Gasteiger partial charge in [-0.3, -0.25) is 9.89 Å². The third kappa shape index (κ3) is 2.57. The highest BCUT2D eigenvalue weighted by molar-refractivity contribution is 6.03. The van der Waals surface area contributed by atoms with Gasteiger partial charge in [0.05, 0.1) is 12.6 Å². The molecule has 100 valence electrons. The number of aromatic amines is 1. The predicted octanol–water partition coefficient (Wildman–Crippen LogP) is 1.94. The summed E-state index contributed by atoms with van der Waals surface area (Å²) in [6.45, 7) is 3.62. The molecule has 1 heterocycles. The van der Waals surface area contributed by atoms with Crippen LogP contribution >= 0.6 is 0 Å². The van der Waals surface area contributed by atoms with Gasteiger partial charge in [-0.25, -0.2) is 4.79 Å². The molecule has 0 fully saturated rings. The first-order chi connectivity index (χ1) is 9.02. The first-order valence-corrected chi connectivity index (χ1v) is 5.90. The molecule has 0 aliphatic rings. The van der Waals surface area contributed by atoms with Gasteiger partial charge in [-0.05, 0) is 18.2 Å². The van der Waals surface area contributed by atoms with E-state index < -0.39 is 5.97 Å². The molecule has 2 N–H and O–H groups in total. The lowest BCUT2D eigenvalue weighted by molar-refractivity contribution is -0.118. The number of carbonyl (C=O) groups is 2. The molecule has 2 rings (SSSR count). The molecule has 2 aromatic rings. The zero-order valence-electron chi connectivity index (χ0n) is 11.0. The number of esters is 1. The Morgan fingerprint density at radius 3 is 2.74 bits per heavy atom. The molecule has 0 saturated heterocycles. The Labute approximate surface area is 110 Å². The summed E-state index contributed by atoms with van der Waals surface area (Å²) in [5.74, 6) is -0.707. The minimum Gasteiger partial charge on any atom is -0.464 e. The van der Waals surface area contributed by atoms with Crippen LogP contribution in [0.2, 0.25) is 0 Å². The molecule has 0 unspecified atom stereocenters. The minimum atomic E-state index is -0.515. The molecule has 0 spiro atoms. The van der Waals surface area contributed by atoms with Crippen molar-refractivity contribution in [3.63, 3.8) is 0 Å². The second-order valence-corrected chi connectivity index (χ2v) is 4.47. The maximum atomic E-state index is 11.6. The second-order valence-electron chi connectivity index (χ2n) is 4.47. The van der Waals surface area contributed by atoms with E-state index >= 15 is 0 Å². The number of anilines is 1. The molecule has 0 atom stereocenters. The zero-order chi connectivity index (χ0) is 14.0. The fraction of sp³-hybridized carbons (Fsp3) is 0.308. The molecule has 1 aromatic heterocycles. The van der Waals surface area contributed by atoms with E-state index in [0.717, 1.165) is 0 Å². The fourth-order valence-corrected chi connectivity index (χ4v) is 1.63. The van der Waals surface area contributed by atoms with E-state index in [1.807, 2.05) is 13.8 Å². The van der Waals surface area contributed by atoms with Crippen LogP contribution in [0.25, 0.3) is 10.9 Å². The highest BCUT2D eigenvalue weighted by Crippen LogP contribution is 2.21. The Morgan fingerprint density at radius 2 is 2.11 bits per heavy atom. The average Bonchev–Trinajstić information content (AvgIpc) is 2.80. The lowest BCUT2D eigenvalue weighted by Crippen LogP contribution is -2.17. The standard InChI is InChI=1S/C13H15N3O3/c1-7(2)12(17)14-8-4-5-10-9(6-8)11(16-15-10)13(18)19-3/h4-7H,1-3H3,(H,14,17)(H,15,16). The zero-order valence-corrected chi connectivity index (χ0v) is 11.0. The van der Waals surface area contributed by atoms with Crippen LogP contribution in [0.4, 0.5) is 5.69 Å². The van der Waals surface area contributed by atoms with Crippen LogP contribution in [-0.4, -0.2) is 29.2 Å². The van der Waals surface area contributed by atoms with E-state index in [0.29, 0.717) is 16.6 Å². The van der Waals surface area contributed by atoms with Crippen LogP contribution in [0, 0.1) is 5.92 Å². The van der Waals surface area contributed by atoms with Gasteiger partial charge in [0.25, 0.3) is 0 Å². The summed E-state index contributed by atoms with van der Waals surface area (Å²) in [7, 11) is 1.30. The van der Waals surface area contributed by atoms with Crippen molar-refractivity contribution < 1.29 is 14.3 Å². The van der Waals surface area contributed by atoms with Crippen LogP contribution in [0.5, 0.6) is 0 Å². The van der Waals surface area contributed by atoms with E-state index in [2.05, 4.69) is 20.3 Å². The summed E-state index contributed by atoms with van der Waals surface area (Å²) in [6, 6.07) is 5.21. The van der Waals surface area contributed by atoms with E-state index in [9.17, 15) is 9.59 Å². The van der Waals surface area contributed by atoms with Crippen molar-refractivity contribution in [3.05, 3.63) is 23.9 Å². The Balaban J connectivity index is 2.38. The van der Waals surface area contributed by atoms with E-state index in [-0.39, 0.29) is 17.5 Å². The van der Waals surface area contributed by atoms with Crippen LogP contribution in [0.3, 0.4) is 0 Å². The van der Waals surface area contributed by atoms with Crippen molar-refractivity contribution in [3.8, 4) is 0 Å². The first kappa shape index (κ1) is 13.1. The Bertz CT molecular complexity index is 631. The lowest BCUT2D eigenvalue weighted by Gasteiger charge is -2.07. The van der Waals surface area contributed by atoms with E-state index in [1.165, 1.54) is 7.11 Å². The molecule has 0 aliphatic carbocycles. The average molecular weight is 261 g/mol. The smallest absolute Gasteiger partial charge is 0.359 e. The summed E-state index contributed by atoms with van der Waals surface area (Å²) in [5.41, 5.74) is 1.54. The molecule has 6 heteroatoms. The van der Waals surface area contributed by atoms with Gasteiger partial charge in [-0.2, -0.15) is 5.10 Å². The topological polar surface area (TPSA) is 84.1 Å². The molecule has 0 radical (unpaired) electrons. The molecular weight excluding hydrogens is 246 g/mol. The SMILES string of the molecule is COC(=O)c1n[nH]c2ccc(NC(=O)C(C)C)cc12. The number of ether oxygens (including phenoxy) is 1. The first-order valence-electron chi connectivity index (χ1n) is 5.90. The van der Waals surface area contributed by atoms with E-state index in [1.54, 1.807) is 18.2 Å². The quantitative estimate of drug-likeness (QED) is 0.827. The predicted molar refractivity (Wildman–Crippen MR) is 70.9 cm³/mol. The number of fused-ring (bicyclic) bond motifs is 1. The molecule has 19 heavy (non-hydrogen) atoms. The Kier molecular flexibility index (Phi) is 3.50. The number of H-pyrrole nitrogens is 1. The molecular formula is C13H15N3O3. The van der Waals surface area contributed by atoms with Crippen molar-refractivity contribution >= 4 is 28.5 Å². The summed E-state index contributed by atoms with van der Waals surface area (Å²) < 4.78 is 4.65. The molecule has 0 aliphatic heterocycles. The summed E-state index contributed by atoms with van der Waals surface area (Å²) in [4.78, 5) is 23.2. The number of aromatic nitrogens is 2. The van der Waals surface area contributed by atoms with Crippen LogP contribution in [0.1, 0.15) is 24.3 Å². The van der Waals surface area contributed by atoms with Crippen molar-refractivity contribution in [2.45, 2.75) is 13.8 Å². The maximum absolute atomic E-state index is 11.6. The van der Waals surface area contributed by atoms with Crippen molar-refractivity contribution in [2.24, 2.45) is 5.92 Å². The number of methoxy groups -OCH3 is 1. The van der Waals surface area contributed by atoms with Gasteiger partial charge in [0, 0.05) is 17.0 Å². The van der Waals surface area contributed by atoms with Crippen molar-refractivity contribution in [1.29, 1.82) is 0 Å². The summed E-state index contributed by atoms with van der Waals surface area (Å²) >= 11 is 0. The van der Waals surface area contributed by atoms with E-state index in [4.69, 9.17) is 0 Å². The number of rotatable bonds is 3. The number of hydrogen-bond acceptors (Lipinski definition) is 4. The number of benzene rings is 1. The largest absolute Gasteiger partial charge is 0.464 e.